The van der Waals surface area contributed by atoms with E-state index in [-0.39, 0.29) is 23.3 Å². The van der Waals surface area contributed by atoms with Gasteiger partial charge in [0.1, 0.15) is 0 Å². The molecule has 0 unspecified atom stereocenters. The summed E-state index contributed by atoms with van der Waals surface area (Å²) in [6.45, 7) is 7.78. The highest BCUT2D eigenvalue weighted by molar-refractivity contribution is 5.89. The molecule has 116 valence electrons. The number of hydrogen-bond donors (Lipinski definition) is 1. The minimum atomic E-state index is -0.233. The van der Waals surface area contributed by atoms with Gasteiger partial charge >= 0.3 is 0 Å². The van der Waals surface area contributed by atoms with Gasteiger partial charge in [-0.2, -0.15) is 0 Å². The van der Waals surface area contributed by atoms with Gasteiger partial charge in [0, 0.05) is 37.8 Å². The van der Waals surface area contributed by atoms with Crippen molar-refractivity contribution < 1.29 is 9.59 Å². The Morgan fingerprint density at radius 2 is 2.24 bits per heavy atom. The van der Waals surface area contributed by atoms with Gasteiger partial charge in [0.2, 0.25) is 11.8 Å². The van der Waals surface area contributed by atoms with E-state index >= 15 is 0 Å². The molecule has 0 bridgehead atoms. The summed E-state index contributed by atoms with van der Waals surface area (Å²) in [7, 11) is 0. The molecule has 1 aromatic heterocycles. The van der Waals surface area contributed by atoms with E-state index < -0.39 is 0 Å². The maximum Gasteiger partial charge on any atom is 0.225 e. The number of aryl methyl sites for hydroxylation is 1. The molecule has 0 aromatic carbocycles. The van der Waals surface area contributed by atoms with Gasteiger partial charge in [-0.05, 0) is 27.2 Å². The van der Waals surface area contributed by atoms with E-state index in [4.69, 9.17) is 0 Å². The maximum atomic E-state index is 12.1. The van der Waals surface area contributed by atoms with Crippen LogP contribution in [-0.2, 0) is 16.1 Å². The molecule has 2 heterocycles. The smallest absolute Gasteiger partial charge is 0.225 e. The molecule has 1 N–H and O–H groups in total. The van der Waals surface area contributed by atoms with E-state index in [1.54, 1.807) is 22.0 Å². The number of nitrogens with one attached hydrogen (secondary N) is 1. The summed E-state index contributed by atoms with van der Waals surface area (Å²) in [6, 6.07) is 0. The Kier molecular flexibility index (Phi) is 4.59. The molecular weight excluding hydrogens is 270 g/mol. The standard InChI is InChI=1S/C14H23N5O2/c1-14(2,3)19-10-11(9-12(19)20)13(21)15-5-4-7-18-8-6-16-17-18/h6,8,11H,4-5,7,9-10H2,1-3H3,(H,15,21)/t11-/m1/s1. The Hall–Kier alpha value is -1.92. The molecule has 1 saturated heterocycles. The van der Waals surface area contributed by atoms with Crippen LogP contribution >= 0.6 is 0 Å². The molecule has 7 heteroatoms. The largest absolute Gasteiger partial charge is 0.356 e. The van der Waals surface area contributed by atoms with E-state index in [9.17, 15) is 9.59 Å². The first-order valence-electron chi connectivity index (χ1n) is 7.30. The maximum absolute atomic E-state index is 12.1. The number of likely N-dealkylation sites (tertiary alicyclic amines) is 1. The average Bonchev–Trinajstić information content (AvgIpc) is 3.02. The van der Waals surface area contributed by atoms with E-state index in [1.807, 2.05) is 20.8 Å². The summed E-state index contributed by atoms with van der Waals surface area (Å²) >= 11 is 0. The Labute approximate surface area is 124 Å². The van der Waals surface area contributed by atoms with Crippen molar-refractivity contribution in [1.82, 2.24) is 25.2 Å². The number of carbonyl (C=O) groups is 2. The minimum Gasteiger partial charge on any atom is -0.356 e. The molecule has 0 radical (unpaired) electrons. The van der Waals surface area contributed by atoms with Gasteiger partial charge in [0.25, 0.3) is 0 Å². The summed E-state index contributed by atoms with van der Waals surface area (Å²) in [5.41, 5.74) is -0.223. The first-order valence-corrected chi connectivity index (χ1v) is 7.30. The third-order valence-corrected chi connectivity index (χ3v) is 3.64. The van der Waals surface area contributed by atoms with Crippen molar-refractivity contribution in [3.8, 4) is 0 Å². The highest BCUT2D eigenvalue weighted by Gasteiger charge is 2.39. The van der Waals surface area contributed by atoms with Gasteiger partial charge in [-0.1, -0.05) is 5.21 Å². The van der Waals surface area contributed by atoms with Crippen molar-refractivity contribution in [2.24, 2.45) is 5.92 Å². The van der Waals surface area contributed by atoms with Gasteiger partial charge < -0.3 is 10.2 Å². The average molecular weight is 293 g/mol. The monoisotopic (exact) mass is 293 g/mol. The van der Waals surface area contributed by atoms with E-state index in [1.165, 1.54) is 0 Å². The molecule has 1 fully saturated rings. The van der Waals surface area contributed by atoms with Gasteiger partial charge in [-0.15, -0.1) is 5.10 Å². The van der Waals surface area contributed by atoms with Crippen LogP contribution in [0.5, 0.6) is 0 Å². The number of amides is 2. The number of aromatic nitrogens is 3. The van der Waals surface area contributed by atoms with Crippen LogP contribution in [0.25, 0.3) is 0 Å². The lowest BCUT2D eigenvalue weighted by Gasteiger charge is -2.31. The molecule has 0 aliphatic carbocycles. The number of rotatable bonds is 5. The second-order valence-electron chi connectivity index (χ2n) is 6.39. The van der Waals surface area contributed by atoms with Gasteiger partial charge in [0.15, 0.2) is 0 Å². The molecule has 1 aromatic rings. The Balaban J connectivity index is 1.73. The van der Waals surface area contributed by atoms with Crippen LogP contribution in [-0.4, -0.2) is 50.3 Å². The molecule has 0 saturated carbocycles. The van der Waals surface area contributed by atoms with Crippen LogP contribution in [0.1, 0.15) is 33.6 Å². The fourth-order valence-corrected chi connectivity index (χ4v) is 2.48. The molecule has 1 aliphatic rings. The van der Waals surface area contributed by atoms with Gasteiger partial charge in [0.05, 0.1) is 12.1 Å². The van der Waals surface area contributed by atoms with Crippen LogP contribution in [0.2, 0.25) is 0 Å². The summed E-state index contributed by atoms with van der Waals surface area (Å²) in [5, 5.41) is 10.5. The Bertz CT molecular complexity index is 492. The summed E-state index contributed by atoms with van der Waals surface area (Å²) in [4.78, 5) is 25.8. The third-order valence-electron chi connectivity index (χ3n) is 3.64. The van der Waals surface area contributed by atoms with Crippen LogP contribution in [0.15, 0.2) is 12.4 Å². The lowest BCUT2D eigenvalue weighted by molar-refractivity contribution is -0.132. The van der Waals surface area contributed by atoms with Crippen molar-refractivity contribution >= 4 is 11.8 Å². The molecule has 1 aliphatic heterocycles. The highest BCUT2D eigenvalue weighted by atomic mass is 16.2. The normalized spacial score (nSPS) is 19.1. The molecule has 1 atom stereocenters. The first kappa shape index (κ1) is 15.5. The van der Waals surface area contributed by atoms with E-state index in [0.29, 0.717) is 19.5 Å². The highest BCUT2D eigenvalue weighted by Crippen LogP contribution is 2.25. The summed E-state index contributed by atoms with van der Waals surface area (Å²) < 4.78 is 1.73. The fourth-order valence-electron chi connectivity index (χ4n) is 2.48. The van der Waals surface area contributed by atoms with Crippen molar-refractivity contribution in [2.45, 2.75) is 45.7 Å². The summed E-state index contributed by atoms with van der Waals surface area (Å²) in [5.74, 6) is -0.206. The zero-order valence-electron chi connectivity index (χ0n) is 12.9. The lowest BCUT2D eigenvalue weighted by Crippen LogP contribution is -2.43. The predicted molar refractivity (Wildman–Crippen MR) is 77.2 cm³/mol. The molecular formula is C14H23N5O2. The molecule has 21 heavy (non-hydrogen) atoms. The molecule has 0 spiro atoms. The van der Waals surface area contributed by atoms with Crippen molar-refractivity contribution in [3.63, 3.8) is 0 Å². The zero-order chi connectivity index (χ0) is 15.5. The van der Waals surface area contributed by atoms with E-state index in [2.05, 4.69) is 15.6 Å². The van der Waals surface area contributed by atoms with Crippen LogP contribution in [0, 0.1) is 5.92 Å². The SMILES string of the molecule is CC(C)(C)N1C[C@H](C(=O)NCCCn2ccnn2)CC1=O. The second kappa shape index (κ2) is 6.24. The predicted octanol–water partition coefficient (Wildman–Crippen LogP) is 0.431. The van der Waals surface area contributed by atoms with Crippen LogP contribution in [0.3, 0.4) is 0 Å². The number of carbonyl (C=O) groups excluding carboxylic acids is 2. The Morgan fingerprint density at radius 1 is 1.48 bits per heavy atom. The van der Waals surface area contributed by atoms with Crippen molar-refractivity contribution in [2.75, 3.05) is 13.1 Å². The second-order valence-corrected chi connectivity index (χ2v) is 6.39. The number of nitrogens with zero attached hydrogens (tertiary/aromatic N) is 4. The van der Waals surface area contributed by atoms with Crippen LogP contribution in [0.4, 0.5) is 0 Å². The topological polar surface area (TPSA) is 80.1 Å². The van der Waals surface area contributed by atoms with Crippen molar-refractivity contribution in [3.05, 3.63) is 12.4 Å². The van der Waals surface area contributed by atoms with Crippen LogP contribution < -0.4 is 5.32 Å². The molecule has 2 amide bonds. The third kappa shape index (κ3) is 4.03. The molecule has 2 rings (SSSR count). The summed E-state index contributed by atoms with van der Waals surface area (Å²) in [6.07, 6.45) is 4.52. The number of hydrogen-bond acceptors (Lipinski definition) is 4. The molecule has 7 nitrogen and oxygen atoms in total. The zero-order valence-corrected chi connectivity index (χ0v) is 12.9. The Morgan fingerprint density at radius 3 is 2.81 bits per heavy atom. The first-order chi connectivity index (χ1) is 9.88. The lowest BCUT2D eigenvalue weighted by atomic mass is 10.1. The quantitative estimate of drug-likeness (QED) is 0.798. The van der Waals surface area contributed by atoms with Gasteiger partial charge in [-0.3, -0.25) is 14.3 Å². The van der Waals surface area contributed by atoms with E-state index in [0.717, 1.165) is 13.0 Å². The fraction of sp³-hybridized carbons (Fsp3) is 0.714. The van der Waals surface area contributed by atoms with Crippen molar-refractivity contribution in [1.29, 1.82) is 0 Å². The minimum absolute atomic E-state index is 0.0336. The van der Waals surface area contributed by atoms with Gasteiger partial charge in [-0.25, -0.2) is 0 Å².